The molecular formula is C35H43ClN2O4S. The highest BCUT2D eigenvalue weighted by Crippen LogP contribution is 2.44. The highest BCUT2D eigenvalue weighted by molar-refractivity contribution is 7.84. The van der Waals surface area contributed by atoms with Crippen molar-refractivity contribution in [2.45, 2.75) is 68.6 Å². The van der Waals surface area contributed by atoms with Crippen LogP contribution in [0.15, 0.2) is 54.6 Å². The number of rotatable bonds is 0. The van der Waals surface area contributed by atoms with Crippen molar-refractivity contribution in [1.29, 1.82) is 0 Å². The Bertz CT molecular complexity index is 1420. The summed E-state index contributed by atoms with van der Waals surface area (Å²) >= 11 is 6.41. The van der Waals surface area contributed by atoms with Gasteiger partial charge in [-0.25, -0.2) is 4.21 Å². The third kappa shape index (κ3) is 6.88. The number of nitrogens with zero attached hydrogens (tertiary/aromatic N) is 1. The molecule has 0 saturated heterocycles. The Balaban J connectivity index is 1.47. The summed E-state index contributed by atoms with van der Waals surface area (Å²) in [4.78, 5) is 15.3. The summed E-state index contributed by atoms with van der Waals surface area (Å²) < 4.78 is 22.1. The van der Waals surface area contributed by atoms with E-state index in [1.165, 1.54) is 11.1 Å². The molecule has 1 amide bonds. The van der Waals surface area contributed by atoms with E-state index in [4.69, 9.17) is 22.8 Å². The molecule has 8 heteroatoms. The van der Waals surface area contributed by atoms with Gasteiger partial charge in [0.15, 0.2) is 0 Å². The minimum absolute atomic E-state index is 0.00273. The number of carbonyl (C=O) groups excluding carboxylic acids is 1. The normalized spacial score (nSPS) is 34.8. The molecule has 2 aromatic rings. The number of carbonyl (C=O) groups is 1. The van der Waals surface area contributed by atoms with Crippen LogP contribution in [0.1, 0.15) is 67.4 Å². The number of hydrogen-bond acceptors (Lipinski definition) is 5. The molecule has 1 spiro atoms. The lowest BCUT2D eigenvalue weighted by molar-refractivity contribution is -0.0200. The molecule has 0 aromatic heterocycles. The Morgan fingerprint density at radius 1 is 1.19 bits per heavy atom. The first-order chi connectivity index (χ1) is 20.5. The molecule has 7 atom stereocenters. The second-order valence-electron chi connectivity index (χ2n) is 12.9. The van der Waals surface area contributed by atoms with Crippen molar-refractivity contribution in [3.8, 4) is 18.1 Å². The second kappa shape index (κ2) is 13.2. The number of aryl methyl sites for hydroxylation is 1. The lowest BCUT2D eigenvalue weighted by Gasteiger charge is -2.47. The number of aliphatic hydroxyl groups is 1. The standard InChI is InChI=1S/C35H43ClN2O4S/c1-5-35(40)19-6-8-24(2)25(3)43(41)37-33(39)26-10-14-30(15-11-26)42-23-34(22-38(4)21-28-12-16-32(28)35)18-7-9-27-20-29(36)13-17-31(27)34/h1,6,10-11,13-15,17,19-20,24-25,28,32,40H,7-9,12,16,18,21-23H2,2-4H3,(H,37,39)/b19-6+/t24?,25?,28?,32?,34-,35+,43?/m0/s1. The number of benzene rings is 2. The van der Waals surface area contributed by atoms with E-state index in [0.29, 0.717) is 24.3 Å². The van der Waals surface area contributed by atoms with Gasteiger partial charge in [0.1, 0.15) is 22.3 Å². The van der Waals surface area contributed by atoms with Gasteiger partial charge in [-0.1, -0.05) is 36.6 Å². The fourth-order valence-electron chi connectivity index (χ4n) is 7.06. The van der Waals surface area contributed by atoms with E-state index in [1.807, 2.05) is 26.0 Å². The zero-order chi connectivity index (χ0) is 30.8. The monoisotopic (exact) mass is 622 g/mol. The molecule has 2 aliphatic heterocycles. The van der Waals surface area contributed by atoms with Gasteiger partial charge in [-0.2, -0.15) is 0 Å². The minimum atomic E-state index is -1.58. The molecule has 0 radical (unpaired) electrons. The molecule has 2 aromatic carbocycles. The molecule has 5 unspecified atom stereocenters. The Hall–Kier alpha value is -2.63. The van der Waals surface area contributed by atoms with Crippen molar-refractivity contribution in [3.63, 3.8) is 0 Å². The lowest BCUT2D eigenvalue weighted by atomic mass is 9.64. The van der Waals surface area contributed by atoms with Crippen LogP contribution in [0.4, 0.5) is 0 Å². The molecule has 2 N–H and O–H groups in total. The predicted octanol–water partition coefficient (Wildman–Crippen LogP) is 5.69. The molecule has 2 aliphatic carbocycles. The molecular weight excluding hydrogens is 580 g/mol. The highest BCUT2D eigenvalue weighted by Gasteiger charge is 2.46. The molecule has 1 saturated carbocycles. The third-order valence-electron chi connectivity index (χ3n) is 9.92. The van der Waals surface area contributed by atoms with Crippen LogP contribution in [0.2, 0.25) is 5.02 Å². The van der Waals surface area contributed by atoms with Gasteiger partial charge in [-0.3, -0.25) is 9.52 Å². The van der Waals surface area contributed by atoms with Gasteiger partial charge in [-0.15, -0.1) is 6.42 Å². The Kier molecular flexibility index (Phi) is 9.73. The highest BCUT2D eigenvalue weighted by atomic mass is 35.5. The summed E-state index contributed by atoms with van der Waals surface area (Å²) in [5, 5.41) is 12.0. The van der Waals surface area contributed by atoms with Crippen LogP contribution in [0.5, 0.6) is 5.75 Å². The van der Waals surface area contributed by atoms with E-state index in [-0.39, 0.29) is 34.3 Å². The Morgan fingerprint density at radius 2 is 1.95 bits per heavy atom. The van der Waals surface area contributed by atoms with Crippen molar-refractivity contribution in [2.75, 3.05) is 26.7 Å². The molecule has 2 bridgehead atoms. The number of fused-ring (bicyclic) bond motifs is 13. The quantitative estimate of drug-likeness (QED) is 0.291. The number of ether oxygens (including phenoxy) is 1. The van der Waals surface area contributed by atoms with E-state index < -0.39 is 16.6 Å². The summed E-state index contributed by atoms with van der Waals surface area (Å²) in [6, 6.07) is 13.2. The number of terminal acetylenes is 1. The molecule has 6 rings (SSSR count). The molecule has 43 heavy (non-hydrogen) atoms. The number of likely N-dealkylation sites (N-methyl/N-ethyl adjacent to an activating group) is 1. The van der Waals surface area contributed by atoms with Crippen LogP contribution in [0.25, 0.3) is 0 Å². The van der Waals surface area contributed by atoms with Crippen molar-refractivity contribution < 1.29 is 18.8 Å². The fraction of sp³-hybridized carbons (Fsp3) is 0.514. The van der Waals surface area contributed by atoms with Gasteiger partial charge in [0.2, 0.25) is 0 Å². The van der Waals surface area contributed by atoms with Gasteiger partial charge in [0, 0.05) is 35.0 Å². The number of hydrogen-bond donors (Lipinski definition) is 2. The Morgan fingerprint density at radius 3 is 2.65 bits per heavy atom. The van der Waals surface area contributed by atoms with Crippen molar-refractivity contribution in [3.05, 3.63) is 76.3 Å². The maximum atomic E-state index is 13.0. The first-order valence-corrected chi connectivity index (χ1v) is 16.9. The molecule has 6 nitrogen and oxygen atoms in total. The number of amides is 1. The minimum Gasteiger partial charge on any atom is -0.493 e. The van der Waals surface area contributed by atoms with Crippen molar-refractivity contribution >= 4 is 28.5 Å². The van der Waals surface area contributed by atoms with Gasteiger partial charge < -0.3 is 14.7 Å². The second-order valence-corrected chi connectivity index (χ2v) is 14.9. The van der Waals surface area contributed by atoms with Crippen molar-refractivity contribution in [2.24, 2.45) is 17.8 Å². The van der Waals surface area contributed by atoms with E-state index >= 15 is 0 Å². The summed E-state index contributed by atoms with van der Waals surface area (Å²) in [5.41, 5.74) is 1.36. The smallest absolute Gasteiger partial charge is 0.262 e. The van der Waals surface area contributed by atoms with Gasteiger partial charge >= 0.3 is 0 Å². The van der Waals surface area contributed by atoms with Crippen LogP contribution < -0.4 is 9.46 Å². The van der Waals surface area contributed by atoms with Crippen LogP contribution in [-0.2, 0) is 22.8 Å². The maximum Gasteiger partial charge on any atom is 0.262 e. The molecule has 2 heterocycles. The largest absolute Gasteiger partial charge is 0.493 e. The third-order valence-corrected chi connectivity index (χ3v) is 11.7. The fourth-order valence-corrected chi connectivity index (χ4v) is 8.27. The van der Waals surface area contributed by atoms with E-state index in [9.17, 15) is 14.1 Å². The van der Waals surface area contributed by atoms with E-state index in [1.54, 1.807) is 30.3 Å². The van der Waals surface area contributed by atoms with Gasteiger partial charge in [-0.05, 0) is 118 Å². The first-order valence-electron chi connectivity index (χ1n) is 15.3. The van der Waals surface area contributed by atoms with Crippen LogP contribution in [0.3, 0.4) is 0 Å². The van der Waals surface area contributed by atoms with Crippen LogP contribution >= 0.6 is 11.6 Å². The number of halogens is 1. The average molecular weight is 623 g/mol. The zero-order valence-electron chi connectivity index (χ0n) is 25.4. The van der Waals surface area contributed by atoms with Crippen LogP contribution in [0, 0.1) is 30.1 Å². The zero-order valence-corrected chi connectivity index (χ0v) is 26.9. The number of nitrogens with one attached hydrogen (secondary N) is 1. The van der Waals surface area contributed by atoms with Crippen LogP contribution in [-0.4, -0.2) is 57.7 Å². The van der Waals surface area contributed by atoms with Gasteiger partial charge in [0.05, 0.1) is 11.9 Å². The van der Waals surface area contributed by atoms with Gasteiger partial charge in [0.25, 0.3) is 5.91 Å². The van der Waals surface area contributed by atoms with E-state index in [2.05, 4.69) is 34.7 Å². The topological polar surface area (TPSA) is 78.9 Å². The predicted molar refractivity (Wildman–Crippen MR) is 173 cm³/mol. The molecule has 4 aliphatic rings. The molecule has 1 fully saturated rings. The SMILES string of the molecule is C#C[C@@]1(O)/C=C/CC(C)C(C)S(=O)NC(=O)c2ccc(cc2)OC[C@]2(CCCc3cc(Cl)ccc32)CN(C)CC2CCC21. The summed E-state index contributed by atoms with van der Waals surface area (Å²) in [6.07, 6.45) is 15.1. The lowest BCUT2D eigenvalue weighted by Crippen LogP contribution is -2.51. The van der Waals surface area contributed by atoms with Crippen molar-refractivity contribution in [1.82, 2.24) is 9.62 Å². The average Bonchev–Trinajstić information content (AvgIpc) is 2.97. The summed E-state index contributed by atoms with van der Waals surface area (Å²) in [5.74, 6) is 3.20. The number of allylic oxidation sites excluding steroid dienone is 1. The van der Waals surface area contributed by atoms with E-state index in [0.717, 1.165) is 50.2 Å². The first kappa shape index (κ1) is 31.8. The maximum absolute atomic E-state index is 13.0. The summed E-state index contributed by atoms with van der Waals surface area (Å²) in [7, 11) is 0.574. The molecule has 230 valence electrons. The summed E-state index contributed by atoms with van der Waals surface area (Å²) in [6.45, 7) is 5.94. The Labute approximate surface area is 263 Å².